The van der Waals surface area contributed by atoms with E-state index in [-0.39, 0.29) is 16.7 Å². The lowest BCUT2D eigenvalue weighted by molar-refractivity contribution is -0.117. The Morgan fingerprint density at radius 2 is 1.50 bits per heavy atom. The van der Waals surface area contributed by atoms with Crippen molar-refractivity contribution in [1.29, 1.82) is 0 Å². The minimum absolute atomic E-state index is 0.0376. The van der Waals surface area contributed by atoms with Crippen molar-refractivity contribution < 1.29 is 9.53 Å². The summed E-state index contributed by atoms with van der Waals surface area (Å²) in [4.78, 5) is 14.1. The molecule has 3 heteroatoms. The molecule has 1 aliphatic heterocycles. The van der Waals surface area contributed by atoms with Crippen LogP contribution >= 0.6 is 0 Å². The first kappa shape index (κ1) is 16.9. The molecule has 0 radical (unpaired) electrons. The molecule has 0 unspecified atom stereocenters. The number of carbonyl (C=O) groups excluding carboxylic acids is 1. The average molecular weight is 303 g/mol. The Bertz CT molecular complexity index is 541. The number of amides is 1. The standard InChI is InChI=1S/C19H29NO2/c1-18(2,3)14-11-13(20-10-8-9-16(20)21)12-15(17(14)22-7)19(4,5)6/h11-12H,8-10H2,1-7H3. The van der Waals surface area contributed by atoms with E-state index in [1.165, 1.54) is 0 Å². The average Bonchev–Trinajstić information content (AvgIpc) is 2.81. The normalized spacial score (nSPS) is 16.3. The summed E-state index contributed by atoms with van der Waals surface area (Å²) in [5.74, 6) is 1.18. The molecule has 0 aliphatic carbocycles. The number of rotatable bonds is 2. The smallest absolute Gasteiger partial charge is 0.227 e. The number of hydrogen-bond acceptors (Lipinski definition) is 2. The zero-order valence-corrected chi connectivity index (χ0v) is 15.0. The first-order valence-corrected chi connectivity index (χ1v) is 8.09. The summed E-state index contributed by atoms with van der Waals surface area (Å²) in [7, 11) is 1.74. The molecule has 122 valence electrons. The second-order valence-corrected chi connectivity index (χ2v) is 8.22. The Labute approximate surface area is 134 Å². The van der Waals surface area contributed by atoms with E-state index in [0.717, 1.165) is 35.5 Å². The van der Waals surface area contributed by atoms with Crippen molar-refractivity contribution in [1.82, 2.24) is 0 Å². The number of hydrogen-bond donors (Lipinski definition) is 0. The van der Waals surface area contributed by atoms with Crippen LogP contribution in [0.15, 0.2) is 12.1 Å². The topological polar surface area (TPSA) is 29.5 Å². The summed E-state index contributed by atoms with van der Waals surface area (Å²) in [5.41, 5.74) is 3.27. The highest BCUT2D eigenvalue weighted by molar-refractivity contribution is 5.95. The van der Waals surface area contributed by atoms with Gasteiger partial charge in [-0.2, -0.15) is 0 Å². The van der Waals surface area contributed by atoms with Crippen molar-refractivity contribution in [2.45, 2.75) is 65.2 Å². The molecule has 3 nitrogen and oxygen atoms in total. The van der Waals surface area contributed by atoms with Crippen LogP contribution in [0.1, 0.15) is 65.5 Å². The van der Waals surface area contributed by atoms with Gasteiger partial charge >= 0.3 is 0 Å². The SMILES string of the molecule is COc1c(C(C)(C)C)cc(N2CCCC2=O)cc1C(C)(C)C. The summed E-state index contributed by atoms with van der Waals surface area (Å²) in [5, 5.41) is 0. The van der Waals surface area contributed by atoms with Gasteiger partial charge in [-0.1, -0.05) is 41.5 Å². The monoisotopic (exact) mass is 303 g/mol. The van der Waals surface area contributed by atoms with Crippen LogP contribution in [-0.4, -0.2) is 19.6 Å². The van der Waals surface area contributed by atoms with Gasteiger partial charge in [0, 0.05) is 29.8 Å². The van der Waals surface area contributed by atoms with Gasteiger partial charge in [-0.05, 0) is 29.4 Å². The van der Waals surface area contributed by atoms with Gasteiger partial charge in [-0.15, -0.1) is 0 Å². The molecule has 0 aromatic heterocycles. The Morgan fingerprint density at radius 3 is 1.82 bits per heavy atom. The number of carbonyl (C=O) groups is 1. The lowest BCUT2D eigenvalue weighted by Crippen LogP contribution is -2.26. The molecule has 1 saturated heterocycles. The molecular formula is C19H29NO2. The van der Waals surface area contributed by atoms with Crippen LogP contribution in [0, 0.1) is 0 Å². The number of anilines is 1. The zero-order valence-electron chi connectivity index (χ0n) is 15.0. The number of benzene rings is 1. The third-order valence-electron chi connectivity index (χ3n) is 4.28. The van der Waals surface area contributed by atoms with E-state index < -0.39 is 0 Å². The molecule has 0 N–H and O–H groups in total. The van der Waals surface area contributed by atoms with Crippen LogP contribution in [0.25, 0.3) is 0 Å². The van der Waals surface area contributed by atoms with Crippen LogP contribution in [0.3, 0.4) is 0 Å². The Balaban J connectivity index is 2.69. The highest BCUT2D eigenvalue weighted by Gasteiger charge is 2.30. The van der Waals surface area contributed by atoms with Crippen molar-refractivity contribution in [3.63, 3.8) is 0 Å². The molecule has 1 aliphatic rings. The van der Waals surface area contributed by atoms with Crippen LogP contribution in [-0.2, 0) is 15.6 Å². The summed E-state index contributed by atoms with van der Waals surface area (Å²) in [6.07, 6.45) is 1.60. The van der Waals surface area contributed by atoms with E-state index >= 15 is 0 Å². The first-order valence-electron chi connectivity index (χ1n) is 8.09. The maximum atomic E-state index is 12.1. The molecule has 0 saturated carbocycles. The number of methoxy groups -OCH3 is 1. The lowest BCUT2D eigenvalue weighted by atomic mass is 9.79. The summed E-state index contributed by atoms with van der Waals surface area (Å²) >= 11 is 0. The number of nitrogens with zero attached hydrogens (tertiary/aromatic N) is 1. The minimum atomic E-state index is -0.0376. The molecule has 0 spiro atoms. The number of ether oxygens (including phenoxy) is 1. The van der Waals surface area contributed by atoms with Gasteiger partial charge in [0.2, 0.25) is 5.91 Å². The summed E-state index contributed by atoms with van der Waals surface area (Å²) in [6.45, 7) is 13.9. The molecule has 1 aromatic rings. The predicted molar refractivity (Wildman–Crippen MR) is 92.0 cm³/mol. The van der Waals surface area contributed by atoms with E-state index in [2.05, 4.69) is 53.7 Å². The van der Waals surface area contributed by atoms with Crippen LogP contribution in [0.5, 0.6) is 5.75 Å². The molecule has 1 fully saturated rings. The third kappa shape index (κ3) is 3.13. The van der Waals surface area contributed by atoms with E-state index in [4.69, 9.17) is 4.74 Å². The van der Waals surface area contributed by atoms with Gasteiger partial charge in [0.25, 0.3) is 0 Å². The van der Waals surface area contributed by atoms with Crippen LogP contribution in [0.4, 0.5) is 5.69 Å². The largest absolute Gasteiger partial charge is 0.496 e. The molecular weight excluding hydrogens is 274 g/mol. The summed E-state index contributed by atoms with van der Waals surface area (Å²) < 4.78 is 5.77. The van der Waals surface area contributed by atoms with Crippen molar-refractivity contribution in [3.8, 4) is 5.75 Å². The van der Waals surface area contributed by atoms with Gasteiger partial charge in [0.05, 0.1) is 7.11 Å². The third-order valence-corrected chi connectivity index (χ3v) is 4.28. The Hall–Kier alpha value is -1.51. The second kappa shape index (κ2) is 5.60. The maximum Gasteiger partial charge on any atom is 0.227 e. The van der Waals surface area contributed by atoms with Crippen molar-refractivity contribution in [2.75, 3.05) is 18.6 Å². The molecule has 0 bridgehead atoms. The van der Waals surface area contributed by atoms with Crippen molar-refractivity contribution in [3.05, 3.63) is 23.3 Å². The van der Waals surface area contributed by atoms with E-state index in [1.807, 2.05) is 4.90 Å². The van der Waals surface area contributed by atoms with Gasteiger partial charge in [0.1, 0.15) is 5.75 Å². The zero-order chi connectivity index (χ0) is 16.7. The van der Waals surface area contributed by atoms with E-state index in [1.54, 1.807) is 7.11 Å². The van der Waals surface area contributed by atoms with Gasteiger partial charge in [-0.25, -0.2) is 0 Å². The predicted octanol–water partition coefficient (Wildman–Crippen LogP) is 4.42. The summed E-state index contributed by atoms with van der Waals surface area (Å²) in [6, 6.07) is 4.27. The van der Waals surface area contributed by atoms with E-state index in [0.29, 0.717) is 6.42 Å². The maximum absolute atomic E-state index is 12.1. The fourth-order valence-corrected chi connectivity index (χ4v) is 3.02. The fraction of sp³-hybridized carbons (Fsp3) is 0.632. The lowest BCUT2D eigenvalue weighted by Gasteiger charge is -2.31. The molecule has 1 aromatic carbocycles. The molecule has 22 heavy (non-hydrogen) atoms. The van der Waals surface area contributed by atoms with Gasteiger partial charge in [-0.3, -0.25) is 4.79 Å². The quantitative estimate of drug-likeness (QED) is 0.809. The van der Waals surface area contributed by atoms with Gasteiger partial charge in [0.15, 0.2) is 0 Å². The molecule has 0 atom stereocenters. The highest BCUT2D eigenvalue weighted by atomic mass is 16.5. The molecule has 1 heterocycles. The molecule has 2 rings (SSSR count). The van der Waals surface area contributed by atoms with Crippen molar-refractivity contribution >= 4 is 11.6 Å². The molecule has 1 amide bonds. The Kier molecular flexibility index (Phi) is 4.29. The highest BCUT2D eigenvalue weighted by Crippen LogP contribution is 2.43. The first-order chi connectivity index (χ1) is 10.1. The fourth-order valence-electron chi connectivity index (χ4n) is 3.02. The minimum Gasteiger partial charge on any atom is -0.496 e. The van der Waals surface area contributed by atoms with E-state index in [9.17, 15) is 4.79 Å². The van der Waals surface area contributed by atoms with Crippen LogP contribution < -0.4 is 9.64 Å². The van der Waals surface area contributed by atoms with Crippen LogP contribution in [0.2, 0.25) is 0 Å². The van der Waals surface area contributed by atoms with Gasteiger partial charge < -0.3 is 9.64 Å². The second-order valence-electron chi connectivity index (χ2n) is 8.22. The Morgan fingerprint density at radius 1 is 1.00 bits per heavy atom. The van der Waals surface area contributed by atoms with Crippen molar-refractivity contribution in [2.24, 2.45) is 0 Å².